The number of aromatic nitrogens is 1. The van der Waals surface area contributed by atoms with Gasteiger partial charge in [-0.3, -0.25) is 9.78 Å². The third-order valence-electron chi connectivity index (χ3n) is 8.06. The summed E-state index contributed by atoms with van der Waals surface area (Å²) in [6, 6.07) is 1.38. The van der Waals surface area contributed by atoms with E-state index in [-0.39, 0.29) is 36.7 Å². The molecule has 0 aromatic carbocycles. The van der Waals surface area contributed by atoms with Gasteiger partial charge in [-0.05, 0) is 51.2 Å². The fourth-order valence-electron chi connectivity index (χ4n) is 6.61. The van der Waals surface area contributed by atoms with Crippen molar-refractivity contribution >= 4 is 5.91 Å². The van der Waals surface area contributed by atoms with Gasteiger partial charge in [0.15, 0.2) is 0 Å². The van der Waals surface area contributed by atoms with Gasteiger partial charge in [0.05, 0.1) is 35.4 Å². The lowest BCUT2D eigenvalue weighted by molar-refractivity contribution is -0.145. The van der Waals surface area contributed by atoms with Crippen LogP contribution in [0.15, 0.2) is 12.3 Å². The third-order valence-corrected chi connectivity index (χ3v) is 8.06. The van der Waals surface area contributed by atoms with Crippen LogP contribution in [0.25, 0.3) is 0 Å². The predicted octanol–water partition coefficient (Wildman–Crippen LogP) is 3.09. The number of hydrogen-bond donors (Lipinski definition) is 1. The first-order valence-electron chi connectivity index (χ1n) is 12.4. The van der Waals surface area contributed by atoms with Crippen LogP contribution in [0.3, 0.4) is 0 Å². The van der Waals surface area contributed by atoms with E-state index >= 15 is 0 Å². The van der Waals surface area contributed by atoms with Crippen LogP contribution < -0.4 is 5.32 Å². The van der Waals surface area contributed by atoms with E-state index < -0.39 is 22.8 Å². The van der Waals surface area contributed by atoms with Gasteiger partial charge in [0.1, 0.15) is 0 Å². The smallest absolute Gasteiger partial charge is 0.379 e. The lowest BCUT2D eigenvalue weighted by atomic mass is 9.76. The Morgan fingerprint density at radius 1 is 1.34 bits per heavy atom. The van der Waals surface area contributed by atoms with Crippen molar-refractivity contribution < 1.29 is 32.2 Å². The van der Waals surface area contributed by atoms with Gasteiger partial charge in [0.2, 0.25) is 5.91 Å². The van der Waals surface area contributed by atoms with Gasteiger partial charge < -0.3 is 24.4 Å². The zero-order chi connectivity index (χ0) is 25.0. The fourth-order valence-corrected chi connectivity index (χ4v) is 6.61. The van der Waals surface area contributed by atoms with Crippen molar-refractivity contribution in [3.63, 3.8) is 0 Å². The first-order valence-corrected chi connectivity index (χ1v) is 12.4. The van der Waals surface area contributed by atoms with Gasteiger partial charge in [-0.25, -0.2) is 0 Å². The molecule has 3 fully saturated rings. The largest absolute Gasteiger partial charge is 0.417 e. The zero-order valence-corrected chi connectivity index (χ0v) is 20.5. The van der Waals surface area contributed by atoms with E-state index in [0.29, 0.717) is 56.7 Å². The summed E-state index contributed by atoms with van der Waals surface area (Å²) >= 11 is 0. The van der Waals surface area contributed by atoms with E-state index in [9.17, 15) is 18.0 Å². The molecule has 1 saturated carbocycles. The Kier molecular flexibility index (Phi) is 6.39. The maximum atomic E-state index is 14.1. The predicted molar refractivity (Wildman–Crippen MR) is 121 cm³/mol. The Hall–Kier alpha value is -1.75. The van der Waals surface area contributed by atoms with Gasteiger partial charge in [-0.2, -0.15) is 13.2 Å². The van der Waals surface area contributed by atoms with Gasteiger partial charge in [0.25, 0.3) is 0 Å². The minimum atomic E-state index is -4.46. The molecule has 35 heavy (non-hydrogen) atoms. The van der Waals surface area contributed by atoms with E-state index in [1.165, 1.54) is 0 Å². The van der Waals surface area contributed by atoms with Crippen LogP contribution in [-0.2, 0) is 38.1 Å². The van der Waals surface area contributed by atoms with Crippen molar-refractivity contribution in [1.29, 1.82) is 0 Å². The molecule has 0 radical (unpaired) electrons. The number of carbonyl (C=O) groups excluding carboxylic acids is 1. The number of rotatable bonds is 4. The number of halogens is 3. The molecule has 1 aromatic heterocycles. The molecule has 1 aromatic rings. The number of amides is 1. The standard InChI is InChI=1S/C25H34F3N3O4/c1-23(2)14-24(10-17(9-21(24)35-23)30-19-5-7-34-13-20(19)33-3)22(32)31-6-4-18-15(12-31)8-16(11-29-18)25(26,27)28/h8,11,17,19-21,30H,4-7,9-10,12-14H2,1-3H3/t17-,19?,20?,21-,24+/m1/s1. The van der Waals surface area contributed by atoms with Crippen molar-refractivity contribution in [2.45, 2.75) is 88.6 Å². The number of nitrogens with zero attached hydrogens (tertiary/aromatic N) is 2. The summed E-state index contributed by atoms with van der Waals surface area (Å²) in [5.41, 5.74) is -0.793. The fraction of sp³-hybridized carbons (Fsp3) is 0.760. The molecule has 2 saturated heterocycles. The molecule has 1 aliphatic carbocycles. The number of carbonyl (C=O) groups is 1. The Morgan fingerprint density at radius 3 is 2.89 bits per heavy atom. The Morgan fingerprint density at radius 2 is 2.14 bits per heavy atom. The van der Waals surface area contributed by atoms with Crippen LogP contribution in [-0.4, -0.2) is 72.6 Å². The average molecular weight is 498 g/mol. The Bertz CT molecular complexity index is 972. The highest BCUT2D eigenvalue weighted by Crippen LogP contribution is 2.55. The van der Waals surface area contributed by atoms with Crippen molar-refractivity contribution in [3.05, 3.63) is 29.1 Å². The van der Waals surface area contributed by atoms with E-state index in [1.807, 2.05) is 13.8 Å². The maximum absolute atomic E-state index is 14.1. The number of hydrogen-bond acceptors (Lipinski definition) is 6. The molecule has 3 aliphatic heterocycles. The second-order valence-electron chi connectivity index (χ2n) is 11.1. The number of alkyl halides is 3. The molecule has 2 unspecified atom stereocenters. The lowest BCUT2D eigenvalue weighted by Crippen LogP contribution is -2.51. The third kappa shape index (κ3) is 4.70. The molecule has 0 bridgehead atoms. The average Bonchev–Trinajstić information content (AvgIpc) is 3.26. The highest BCUT2D eigenvalue weighted by molar-refractivity contribution is 5.85. The normalized spacial score (nSPS) is 34.5. The Labute approximate surface area is 203 Å². The second kappa shape index (κ2) is 8.97. The van der Waals surface area contributed by atoms with E-state index in [1.54, 1.807) is 12.0 Å². The summed E-state index contributed by atoms with van der Waals surface area (Å²) in [4.78, 5) is 19.8. The SMILES string of the molecule is COC1COCCC1N[C@@H]1C[C@H]2OC(C)(C)C[C@@]2(C(=O)N2CCc3ncc(C(F)(F)F)cc3C2)C1. The van der Waals surface area contributed by atoms with Gasteiger partial charge in [-0.15, -0.1) is 0 Å². The first kappa shape index (κ1) is 24.9. The van der Waals surface area contributed by atoms with Crippen molar-refractivity contribution in [2.24, 2.45) is 5.41 Å². The monoisotopic (exact) mass is 497 g/mol. The molecule has 1 amide bonds. The van der Waals surface area contributed by atoms with Crippen molar-refractivity contribution in [2.75, 3.05) is 26.9 Å². The summed E-state index contributed by atoms with van der Waals surface area (Å²) in [5.74, 6) is -0.0179. The molecule has 10 heteroatoms. The molecular formula is C25H34F3N3O4. The van der Waals surface area contributed by atoms with Crippen LogP contribution >= 0.6 is 0 Å². The molecule has 5 rings (SSSR count). The van der Waals surface area contributed by atoms with Gasteiger partial charge in [0, 0.05) is 57.2 Å². The number of fused-ring (bicyclic) bond motifs is 2. The number of methoxy groups -OCH3 is 1. The summed E-state index contributed by atoms with van der Waals surface area (Å²) in [6.45, 7) is 5.81. The first-order chi connectivity index (χ1) is 16.5. The van der Waals surface area contributed by atoms with Crippen LogP contribution in [0.1, 0.15) is 56.4 Å². The van der Waals surface area contributed by atoms with Gasteiger partial charge >= 0.3 is 6.18 Å². The highest BCUT2D eigenvalue weighted by Gasteiger charge is 2.62. The molecule has 4 heterocycles. The van der Waals surface area contributed by atoms with Crippen LogP contribution in [0, 0.1) is 5.41 Å². The molecule has 5 atom stereocenters. The van der Waals surface area contributed by atoms with Crippen molar-refractivity contribution in [3.8, 4) is 0 Å². The number of nitrogens with one attached hydrogen (secondary N) is 1. The second-order valence-corrected chi connectivity index (χ2v) is 11.1. The maximum Gasteiger partial charge on any atom is 0.417 e. The van der Waals surface area contributed by atoms with Crippen molar-refractivity contribution in [1.82, 2.24) is 15.2 Å². The van der Waals surface area contributed by atoms with E-state index in [0.717, 1.165) is 18.7 Å². The molecular weight excluding hydrogens is 463 g/mol. The number of pyridine rings is 1. The van der Waals surface area contributed by atoms with Crippen LogP contribution in [0.2, 0.25) is 0 Å². The zero-order valence-electron chi connectivity index (χ0n) is 20.5. The van der Waals surface area contributed by atoms with E-state index in [2.05, 4.69) is 10.3 Å². The highest BCUT2D eigenvalue weighted by atomic mass is 19.4. The summed E-state index contributed by atoms with van der Waals surface area (Å²) in [6.07, 6.45) is -0.621. The summed E-state index contributed by atoms with van der Waals surface area (Å²) in [5, 5.41) is 3.71. The topological polar surface area (TPSA) is 72.9 Å². The molecule has 7 nitrogen and oxygen atoms in total. The van der Waals surface area contributed by atoms with Crippen LogP contribution in [0.4, 0.5) is 13.2 Å². The van der Waals surface area contributed by atoms with Gasteiger partial charge in [-0.1, -0.05) is 0 Å². The Balaban J connectivity index is 1.35. The summed E-state index contributed by atoms with van der Waals surface area (Å²) in [7, 11) is 1.68. The quantitative estimate of drug-likeness (QED) is 0.690. The minimum absolute atomic E-state index is 0.0179. The molecule has 1 N–H and O–H groups in total. The number of ether oxygens (including phenoxy) is 3. The summed E-state index contributed by atoms with van der Waals surface area (Å²) < 4.78 is 57.3. The molecule has 0 spiro atoms. The minimum Gasteiger partial charge on any atom is -0.379 e. The lowest BCUT2D eigenvalue weighted by Gasteiger charge is -2.37. The molecule has 194 valence electrons. The van der Waals surface area contributed by atoms with E-state index in [4.69, 9.17) is 14.2 Å². The van der Waals surface area contributed by atoms with Crippen LogP contribution in [0.5, 0.6) is 0 Å². The molecule has 4 aliphatic rings.